The average Bonchev–Trinajstić information content (AvgIpc) is 2.68. The molecule has 28 heavy (non-hydrogen) atoms. The van der Waals surface area contributed by atoms with Crippen LogP contribution < -0.4 is 0 Å². The third-order valence-electron chi connectivity index (χ3n) is 4.46. The molecule has 0 saturated carbocycles. The molecule has 150 valence electrons. The molecule has 1 heterocycles. The van der Waals surface area contributed by atoms with Gasteiger partial charge in [-0.05, 0) is 29.5 Å². The van der Waals surface area contributed by atoms with Crippen molar-refractivity contribution >= 4 is 10.1 Å². The zero-order chi connectivity index (χ0) is 20.2. The molecule has 3 rings (SSSR count). The van der Waals surface area contributed by atoms with Crippen LogP contribution in [0.15, 0.2) is 72.3 Å². The number of alkyl halides is 3. The van der Waals surface area contributed by atoms with Gasteiger partial charge < -0.3 is 4.74 Å². The summed E-state index contributed by atoms with van der Waals surface area (Å²) in [5, 5.41) is 0. The number of hydrogen-bond acceptors (Lipinski definition) is 4. The molecule has 0 bridgehead atoms. The van der Waals surface area contributed by atoms with Crippen molar-refractivity contribution in [2.75, 3.05) is 6.61 Å². The van der Waals surface area contributed by atoms with Crippen LogP contribution in [-0.4, -0.2) is 20.5 Å². The van der Waals surface area contributed by atoms with E-state index in [2.05, 4.69) is 4.18 Å². The molecule has 1 aliphatic heterocycles. The molecule has 1 saturated heterocycles. The zero-order valence-corrected chi connectivity index (χ0v) is 15.6. The molecule has 2 aromatic carbocycles. The molecule has 1 fully saturated rings. The Labute approximate surface area is 161 Å². The van der Waals surface area contributed by atoms with Gasteiger partial charge in [-0.15, -0.1) is 0 Å². The fourth-order valence-corrected chi connectivity index (χ4v) is 3.47. The second kappa shape index (κ2) is 8.46. The van der Waals surface area contributed by atoms with E-state index in [4.69, 9.17) is 4.74 Å². The standard InChI is InChI=1S/C20H19F3O4S/c21-20(22,23)28(24,25)26-14-13-17-11-12-18(15-7-3-1-4-8-15)27-19(17)16-9-5-2-6-10-16/h1-10,13,18-19H,11-12,14H2/b17-13+. The molecule has 0 amide bonds. The van der Waals surface area contributed by atoms with Gasteiger partial charge in [0, 0.05) is 0 Å². The summed E-state index contributed by atoms with van der Waals surface area (Å²) in [5.74, 6) is 0. The Morgan fingerprint density at radius 2 is 1.57 bits per heavy atom. The van der Waals surface area contributed by atoms with E-state index >= 15 is 0 Å². The SMILES string of the molecule is O=S(=O)(OC/C=C1\CCC(c2ccccc2)OC1c1ccccc1)C(F)(F)F. The van der Waals surface area contributed by atoms with Crippen LogP contribution in [0.5, 0.6) is 0 Å². The van der Waals surface area contributed by atoms with Crippen LogP contribution in [0.3, 0.4) is 0 Å². The highest BCUT2D eigenvalue weighted by Crippen LogP contribution is 2.42. The number of hydrogen-bond donors (Lipinski definition) is 0. The van der Waals surface area contributed by atoms with Gasteiger partial charge in [0.1, 0.15) is 6.10 Å². The van der Waals surface area contributed by atoms with Crippen LogP contribution in [0, 0.1) is 0 Å². The van der Waals surface area contributed by atoms with Crippen molar-refractivity contribution in [3.05, 3.63) is 83.4 Å². The summed E-state index contributed by atoms with van der Waals surface area (Å²) < 4.78 is 69.7. The monoisotopic (exact) mass is 412 g/mol. The Hall–Kier alpha value is -2.16. The quantitative estimate of drug-likeness (QED) is 0.391. The van der Waals surface area contributed by atoms with Crippen LogP contribution in [0.4, 0.5) is 13.2 Å². The van der Waals surface area contributed by atoms with Crippen LogP contribution in [0.1, 0.15) is 36.2 Å². The van der Waals surface area contributed by atoms with Crippen molar-refractivity contribution in [1.29, 1.82) is 0 Å². The predicted molar refractivity (Wildman–Crippen MR) is 97.7 cm³/mol. The topological polar surface area (TPSA) is 52.6 Å². The van der Waals surface area contributed by atoms with E-state index in [1.165, 1.54) is 6.08 Å². The van der Waals surface area contributed by atoms with Crippen LogP contribution in [0.25, 0.3) is 0 Å². The van der Waals surface area contributed by atoms with Gasteiger partial charge in [-0.3, -0.25) is 4.18 Å². The maximum Gasteiger partial charge on any atom is 0.523 e. The molecular formula is C20H19F3O4S. The molecule has 8 heteroatoms. The Kier molecular flexibility index (Phi) is 6.22. The lowest BCUT2D eigenvalue weighted by molar-refractivity contribution is -0.0536. The third kappa shape index (κ3) is 4.81. The molecule has 2 aromatic rings. The Morgan fingerprint density at radius 3 is 2.14 bits per heavy atom. The van der Waals surface area contributed by atoms with Gasteiger partial charge in [0.25, 0.3) is 0 Å². The minimum Gasteiger partial charge on any atom is -0.361 e. The van der Waals surface area contributed by atoms with Gasteiger partial charge >= 0.3 is 15.6 Å². The van der Waals surface area contributed by atoms with E-state index in [1.807, 2.05) is 60.7 Å². The summed E-state index contributed by atoms with van der Waals surface area (Å²) in [4.78, 5) is 0. The minimum atomic E-state index is -5.62. The predicted octanol–water partition coefficient (Wildman–Crippen LogP) is 5.07. The van der Waals surface area contributed by atoms with E-state index in [9.17, 15) is 21.6 Å². The van der Waals surface area contributed by atoms with Gasteiger partial charge in [-0.25, -0.2) is 0 Å². The van der Waals surface area contributed by atoms with E-state index in [1.54, 1.807) is 0 Å². The molecule has 0 N–H and O–H groups in total. The Bertz CT molecular complexity index is 909. The highest BCUT2D eigenvalue weighted by Gasteiger charge is 2.47. The van der Waals surface area contributed by atoms with Crippen molar-refractivity contribution in [2.24, 2.45) is 0 Å². The van der Waals surface area contributed by atoms with E-state index in [0.717, 1.165) is 11.1 Å². The summed E-state index contributed by atoms with van der Waals surface area (Å²) in [6.45, 7) is -0.695. The zero-order valence-electron chi connectivity index (χ0n) is 14.8. The molecule has 4 nitrogen and oxygen atoms in total. The van der Waals surface area contributed by atoms with E-state index in [-0.39, 0.29) is 6.10 Å². The van der Waals surface area contributed by atoms with Crippen molar-refractivity contribution in [3.63, 3.8) is 0 Å². The average molecular weight is 412 g/mol. The van der Waals surface area contributed by atoms with Crippen molar-refractivity contribution in [1.82, 2.24) is 0 Å². The maximum absolute atomic E-state index is 12.4. The maximum atomic E-state index is 12.4. The normalized spacial score (nSPS) is 22.3. The van der Waals surface area contributed by atoms with E-state index in [0.29, 0.717) is 18.4 Å². The second-order valence-corrected chi connectivity index (χ2v) is 7.94. The van der Waals surface area contributed by atoms with Crippen molar-refractivity contribution < 1.29 is 30.5 Å². The van der Waals surface area contributed by atoms with Gasteiger partial charge in [-0.1, -0.05) is 66.7 Å². The third-order valence-corrected chi connectivity index (χ3v) is 5.47. The largest absolute Gasteiger partial charge is 0.523 e. The summed E-state index contributed by atoms with van der Waals surface area (Å²) in [5.41, 5.74) is -2.89. The highest BCUT2D eigenvalue weighted by atomic mass is 32.2. The highest BCUT2D eigenvalue weighted by molar-refractivity contribution is 7.87. The first-order chi connectivity index (χ1) is 13.3. The molecule has 0 radical (unpaired) electrons. The summed E-state index contributed by atoms with van der Waals surface area (Å²) in [7, 11) is -5.62. The lowest BCUT2D eigenvalue weighted by Crippen LogP contribution is -2.26. The Morgan fingerprint density at radius 1 is 1.00 bits per heavy atom. The number of rotatable bonds is 5. The number of halogens is 3. The molecule has 0 aromatic heterocycles. The summed E-state index contributed by atoms with van der Waals surface area (Å²) in [6.07, 6.45) is 1.89. The summed E-state index contributed by atoms with van der Waals surface area (Å²) >= 11 is 0. The molecule has 0 spiro atoms. The fraction of sp³-hybridized carbons (Fsp3) is 0.300. The molecule has 0 aliphatic carbocycles. The van der Waals surface area contributed by atoms with Crippen LogP contribution >= 0.6 is 0 Å². The van der Waals surface area contributed by atoms with Gasteiger partial charge in [-0.2, -0.15) is 21.6 Å². The second-order valence-electron chi connectivity index (χ2n) is 6.33. The fourth-order valence-electron chi connectivity index (χ4n) is 3.09. The van der Waals surface area contributed by atoms with Gasteiger partial charge in [0.05, 0.1) is 12.7 Å². The first-order valence-electron chi connectivity index (χ1n) is 8.68. The molecule has 2 unspecified atom stereocenters. The molecular weight excluding hydrogens is 393 g/mol. The first-order valence-corrected chi connectivity index (χ1v) is 10.1. The lowest BCUT2D eigenvalue weighted by Gasteiger charge is -2.33. The molecule has 2 atom stereocenters. The van der Waals surface area contributed by atoms with Gasteiger partial charge in [0.15, 0.2) is 0 Å². The smallest absolute Gasteiger partial charge is 0.361 e. The number of benzene rings is 2. The van der Waals surface area contributed by atoms with Crippen LogP contribution in [0.2, 0.25) is 0 Å². The Balaban J connectivity index is 1.80. The van der Waals surface area contributed by atoms with Crippen LogP contribution in [-0.2, 0) is 19.0 Å². The number of ether oxygens (including phenoxy) is 1. The minimum absolute atomic E-state index is 0.164. The van der Waals surface area contributed by atoms with Crippen molar-refractivity contribution in [2.45, 2.75) is 30.6 Å². The summed E-state index contributed by atoms with van der Waals surface area (Å²) in [6, 6.07) is 18.9. The van der Waals surface area contributed by atoms with Crippen molar-refractivity contribution in [3.8, 4) is 0 Å². The first kappa shape index (κ1) is 20.6. The molecule has 1 aliphatic rings. The van der Waals surface area contributed by atoms with Gasteiger partial charge in [0.2, 0.25) is 0 Å². The lowest BCUT2D eigenvalue weighted by atomic mass is 9.90. The van der Waals surface area contributed by atoms with E-state index < -0.39 is 28.3 Å².